The first kappa shape index (κ1) is 13.0. The van der Waals surface area contributed by atoms with Crippen molar-refractivity contribution in [2.75, 3.05) is 10.5 Å². The average molecular weight is 262 g/mol. The number of carbonyl (C=O) groups excluding carboxylic acids is 1. The van der Waals surface area contributed by atoms with E-state index in [-0.39, 0.29) is 27.8 Å². The normalized spacial score (nSPS) is 11.2. The fourth-order valence-corrected chi connectivity index (χ4v) is 2.16. The van der Waals surface area contributed by atoms with Crippen LogP contribution in [0.1, 0.15) is 24.2 Å². The summed E-state index contributed by atoms with van der Waals surface area (Å²) in [5, 5.41) is 0.240. The SMILES string of the molecule is CCS(=O)(=O)Nc1cccc(Cl)c1C(C)=O. The molecule has 0 heterocycles. The second-order valence-corrected chi connectivity index (χ2v) is 5.64. The third kappa shape index (κ3) is 2.96. The van der Waals surface area contributed by atoms with Crippen LogP contribution in [0.2, 0.25) is 5.02 Å². The number of sulfonamides is 1. The zero-order valence-electron chi connectivity index (χ0n) is 8.95. The lowest BCUT2D eigenvalue weighted by molar-refractivity contribution is 0.101. The van der Waals surface area contributed by atoms with Crippen LogP contribution < -0.4 is 4.72 Å². The molecule has 0 bridgehead atoms. The van der Waals surface area contributed by atoms with Crippen LogP contribution in [-0.4, -0.2) is 20.0 Å². The predicted octanol–water partition coefficient (Wildman–Crippen LogP) is 2.30. The Hall–Kier alpha value is -1.07. The van der Waals surface area contributed by atoms with Crippen molar-refractivity contribution in [1.29, 1.82) is 0 Å². The molecule has 0 aliphatic rings. The molecule has 0 aliphatic heterocycles. The van der Waals surface area contributed by atoms with E-state index in [9.17, 15) is 13.2 Å². The molecule has 4 nitrogen and oxygen atoms in total. The van der Waals surface area contributed by atoms with E-state index in [0.29, 0.717) is 0 Å². The first-order chi connectivity index (χ1) is 7.37. The fourth-order valence-electron chi connectivity index (χ4n) is 1.21. The Morgan fingerprint density at radius 3 is 2.56 bits per heavy atom. The highest BCUT2D eigenvalue weighted by molar-refractivity contribution is 7.92. The largest absolute Gasteiger partial charge is 0.294 e. The number of carbonyl (C=O) groups is 1. The first-order valence-electron chi connectivity index (χ1n) is 4.67. The molecule has 0 spiro atoms. The van der Waals surface area contributed by atoms with E-state index in [0.717, 1.165) is 0 Å². The minimum Gasteiger partial charge on any atom is -0.294 e. The molecule has 0 atom stereocenters. The van der Waals surface area contributed by atoms with Crippen LogP contribution in [0.3, 0.4) is 0 Å². The molecular formula is C10H12ClNO3S. The fraction of sp³-hybridized carbons (Fsp3) is 0.300. The third-order valence-corrected chi connectivity index (χ3v) is 3.62. The number of halogens is 1. The van der Waals surface area contributed by atoms with Crippen molar-refractivity contribution in [3.05, 3.63) is 28.8 Å². The lowest BCUT2D eigenvalue weighted by Gasteiger charge is -2.10. The molecule has 1 aromatic carbocycles. The van der Waals surface area contributed by atoms with Crippen LogP contribution in [0, 0.1) is 0 Å². The van der Waals surface area contributed by atoms with Gasteiger partial charge in [-0.15, -0.1) is 0 Å². The maximum Gasteiger partial charge on any atom is 0.232 e. The van der Waals surface area contributed by atoms with E-state index >= 15 is 0 Å². The van der Waals surface area contributed by atoms with Gasteiger partial charge in [0.05, 0.1) is 22.0 Å². The highest BCUT2D eigenvalue weighted by Gasteiger charge is 2.15. The molecule has 0 amide bonds. The Balaban J connectivity index is 3.25. The first-order valence-corrected chi connectivity index (χ1v) is 6.70. The predicted molar refractivity (Wildman–Crippen MR) is 64.5 cm³/mol. The third-order valence-electron chi connectivity index (χ3n) is 2.01. The summed E-state index contributed by atoms with van der Waals surface area (Å²) in [5.41, 5.74) is 0.419. The zero-order chi connectivity index (χ0) is 12.3. The molecular weight excluding hydrogens is 250 g/mol. The summed E-state index contributed by atoms with van der Waals surface area (Å²) in [6.07, 6.45) is 0. The van der Waals surface area contributed by atoms with Gasteiger partial charge in [-0.25, -0.2) is 8.42 Å². The molecule has 0 aromatic heterocycles. The van der Waals surface area contributed by atoms with E-state index < -0.39 is 10.0 Å². The number of rotatable bonds is 4. The molecule has 1 N–H and O–H groups in total. The molecule has 0 fully saturated rings. The van der Waals surface area contributed by atoms with E-state index in [1.54, 1.807) is 12.1 Å². The molecule has 88 valence electrons. The number of anilines is 1. The molecule has 0 radical (unpaired) electrons. The summed E-state index contributed by atoms with van der Waals surface area (Å²) in [4.78, 5) is 11.3. The molecule has 1 aromatic rings. The summed E-state index contributed by atoms with van der Waals surface area (Å²) >= 11 is 5.84. The molecule has 1 rings (SSSR count). The van der Waals surface area contributed by atoms with Gasteiger partial charge in [0.2, 0.25) is 10.0 Å². The second-order valence-electron chi connectivity index (χ2n) is 3.22. The minimum absolute atomic E-state index is 0.0587. The summed E-state index contributed by atoms with van der Waals surface area (Å²) < 4.78 is 25.1. The van der Waals surface area contributed by atoms with Crippen molar-refractivity contribution in [2.24, 2.45) is 0 Å². The van der Waals surface area contributed by atoms with Gasteiger partial charge in [0, 0.05) is 0 Å². The zero-order valence-corrected chi connectivity index (χ0v) is 10.5. The Bertz CT molecular complexity index is 511. The monoisotopic (exact) mass is 261 g/mol. The lowest BCUT2D eigenvalue weighted by Crippen LogP contribution is -2.16. The van der Waals surface area contributed by atoms with Crippen LogP contribution in [0.25, 0.3) is 0 Å². The second kappa shape index (κ2) is 4.84. The number of hydrogen-bond acceptors (Lipinski definition) is 3. The van der Waals surface area contributed by atoms with E-state index in [4.69, 9.17) is 11.6 Å². The summed E-state index contributed by atoms with van der Waals surface area (Å²) in [5.74, 6) is -0.337. The van der Waals surface area contributed by atoms with Crippen molar-refractivity contribution in [2.45, 2.75) is 13.8 Å². The van der Waals surface area contributed by atoms with Crippen molar-refractivity contribution in [1.82, 2.24) is 0 Å². The average Bonchev–Trinajstić information content (AvgIpc) is 2.16. The highest BCUT2D eigenvalue weighted by Crippen LogP contribution is 2.25. The van der Waals surface area contributed by atoms with Gasteiger partial charge in [0.1, 0.15) is 0 Å². The number of benzene rings is 1. The van der Waals surface area contributed by atoms with E-state index in [1.807, 2.05) is 0 Å². The number of Topliss-reactive ketones (excluding diaryl/α,β-unsaturated/α-hetero) is 1. The van der Waals surface area contributed by atoms with Crippen LogP contribution in [0.4, 0.5) is 5.69 Å². The Morgan fingerprint density at radius 1 is 1.44 bits per heavy atom. The van der Waals surface area contributed by atoms with Crippen LogP contribution in [-0.2, 0) is 10.0 Å². The summed E-state index contributed by atoms with van der Waals surface area (Å²) in [6, 6.07) is 4.64. The summed E-state index contributed by atoms with van der Waals surface area (Å²) in [7, 11) is -3.41. The standard InChI is InChI=1S/C10H12ClNO3S/c1-3-16(14,15)12-9-6-4-5-8(11)10(9)7(2)13/h4-6,12H,3H2,1-2H3. The quantitative estimate of drug-likeness (QED) is 0.846. The number of ketones is 1. The van der Waals surface area contributed by atoms with E-state index in [2.05, 4.69) is 4.72 Å². The Kier molecular flexibility index (Phi) is 3.93. The van der Waals surface area contributed by atoms with Crippen LogP contribution in [0.15, 0.2) is 18.2 Å². The Labute approximate surface area is 99.7 Å². The molecule has 0 unspecified atom stereocenters. The topological polar surface area (TPSA) is 63.2 Å². The molecule has 0 saturated carbocycles. The number of hydrogen-bond donors (Lipinski definition) is 1. The maximum absolute atomic E-state index is 11.4. The lowest BCUT2D eigenvalue weighted by atomic mass is 10.1. The van der Waals surface area contributed by atoms with Gasteiger partial charge in [0.15, 0.2) is 5.78 Å². The maximum atomic E-state index is 11.4. The van der Waals surface area contributed by atoms with Gasteiger partial charge >= 0.3 is 0 Å². The van der Waals surface area contributed by atoms with Crippen molar-refractivity contribution in [3.63, 3.8) is 0 Å². The van der Waals surface area contributed by atoms with Crippen molar-refractivity contribution in [3.8, 4) is 0 Å². The molecule has 0 saturated heterocycles. The van der Waals surface area contributed by atoms with Crippen LogP contribution in [0.5, 0.6) is 0 Å². The van der Waals surface area contributed by atoms with Crippen LogP contribution >= 0.6 is 11.6 Å². The van der Waals surface area contributed by atoms with Gasteiger partial charge in [-0.3, -0.25) is 9.52 Å². The van der Waals surface area contributed by atoms with Gasteiger partial charge in [-0.2, -0.15) is 0 Å². The van der Waals surface area contributed by atoms with Gasteiger partial charge < -0.3 is 0 Å². The Morgan fingerprint density at radius 2 is 2.06 bits per heavy atom. The minimum atomic E-state index is -3.41. The summed E-state index contributed by atoms with van der Waals surface area (Å²) in [6.45, 7) is 2.85. The van der Waals surface area contributed by atoms with Gasteiger partial charge in [-0.1, -0.05) is 17.7 Å². The van der Waals surface area contributed by atoms with E-state index in [1.165, 1.54) is 19.9 Å². The number of nitrogens with one attached hydrogen (secondary N) is 1. The smallest absolute Gasteiger partial charge is 0.232 e. The highest BCUT2D eigenvalue weighted by atomic mass is 35.5. The molecule has 6 heteroatoms. The molecule has 0 aliphatic carbocycles. The van der Waals surface area contributed by atoms with Gasteiger partial charge in [-0.05, 0) is 26.0 Å². The van der Waals surface area contributed by atoms with Crippen molar-refractivity contribution < 1.29 is 13.2 Å². The molecule has 16 heavy (non-hydrogen) atoms. The van der Waals surface area contributed by atoms with Crippen molar-refractivity contribution >= 4 is 33.1 Å². The van der Waals surface area contributed by atoms with Gasteiger partial charge in [0.25, 0.3) is 0 Å².